The van der Waals surface area contributed by atoms with Gasteiger partial charge in [0.15, 0.2) is 0 Å². The summed E-state index contributed by atoms with van der Waals surface area (Å²) in [7, 11) is 0. The SMILES string of the molecule is CC(C)Cn1ncnc1CN1CCC(CC(=O)O)CC1. The van der Waals surface area contributed by atoms with Crippen LogP contribution in [0.3, 0.4) is 0 Å². The van der Waals surface area contributed by atoms with Gasteiger partial charge >= 0.3 is 5.97 Å². The monoisotopic (exact) mass is 280 g/mol. The Morgan fingerprint density at radius 3 is 2.75 bits per heavy atom. The molecule has 1 fully saturated rings. The minimum Gasteiger partial charge on any atom is -0.481 e. The lowest BCUT2D eigenvalue weighted by atomic mass is 9.94. The van der Waals surface area contributed by atoms with Gasteiger partial charge in [0, 0.05) is 13.0 Å². The van der Waals surface area contributed by atoms with Crippen LogP contribution in [0.25, 0.3) is 0 Å². The highest BCUT2D eigenvalue weighted by Gasteiger charge is 2.22. The molecule has 1 aliphatic heterocycles. The number of nitrogens with zero attached hydrogens (tertiary/aromatic N) is 4. The predicted octanol–water partition coefficient (Wildman–Crippen LogP) is 1.62. The van der Waals surface area contributed by atoms with Crippen molar-refractivity contribution < 1.29 is 9.90 Å². The van der Waals surface area contributed by atoms with Gasteiger partial charge in [-0.3, -0.25) is 9.69 Å². The maximum atomic E-state index is 10.7. The first-order valence-electron chi connectivity index (χ1n) is 7.35. The minimum atomic E-state index is -0.680. The van der Waals surface area contributed by atoms with Gasteiger partial charge in [-0.25, -0.2) is 9.67 Å². The molecule has 0 aliphatic carbocycles. The normalized spacial score (nSPS) is 17.8. The molecule has 0 unspecified atom stereocenters. The van der Waals surface area contributed by atoms with Crippen molar-refractivity contribution in [3.8, 4) is 0 Å². The Morgan fingerprint density at radius 2 is 2.15 bits per heavy atom. The van der Waals surface area contributed by atoms with E-state index < -0.39 is 5.97 Å². The second-order valence-corrected chi connectivity index (χ2v) is 6.07. The number of aromatic nitrogens is 3. The van der Waals surface area contributed by atoms with Gasteiger partial charge in [-0.1, -0.05) is 13.8 Å². The van der Waals surface area contributed by atoms with E-state index in [1.165, 1.54) is 0 Å². The highest BCUT2D eigenvalue weighted by atomic mass is 16.4. The molecule has 1 aliphatic rings. The van der Waals surface area contributed by atoms with E-state index in [0.29, 0.717) is 18.3 Å². The van der Waals surface area contributed by atoms with Crippen molar-refractivity contribution in [3.05, 3.63) is 12.2 Å². The van der Waals surface area contributed by atoms with Crippen LogP contribution in [0.2, 0.25) is 0 Å². The summed E-state index contributed by atoms with van der Waals surface area (Å²) in [6, 6.07) is 0. The van der Waals surface area contributed by atoms with Crippen molar-refractivity contribution in [1.29, 1.82) is 0 Å². The molecule has 1 N–H and O–H groups in total. The molecule has 6 heteroatoms. The molecule has 6 nitrogen and oxygen atoms in total. The topological polar surface area (TPSA) is 71.2 Å². The number of aliphatic carboxylic acids is 1. The molecule has 0 saturated carbocycles. The zero-order valence-electron chi connectivity index (χ0n) is 12.3. The zero-order valence-corrected chi connectivity index (χ0v) is 12.3. The lowest BCUT2D eigenvalue weighted by Gasteiger charge is -2.30. The van der Waals surface area contributed by atoms with Crippen LogP contribution in [-0.2, 0) is 17.9 Å². The van der Waals surface area contributed by atoms with Crippen LogP contribution in [0.5, 0.6) is 0 Å². The quantitative estimate of drug-likeness (QED) is 0.857. The van der Waals surface area contributed by atoms with E-state index in [4.69, 9.17) is 5.11 Å². The van der Waals surface area contributed by atoms with E-state index in [1.54, 1.807) is 6.33 Å². The van der Waals surface area contributed by atoms with Crippen molar-refractivity contribution in [2.24, 2.45) is 11.8 Å². The van der Waals surface area contributed by atoms with E-state index >= 15 is 0 Å². The zero-order chi connectivity index (χ0) is 14.5. The lowest BCUT2D eigenvalue weighted by Crippen LogP contribution is -2.35. The van der Waals surface area contributed by atoms with Crippen LogP contribution in [0.1, 0.15) is 38.9 Å². The number of carbonyl (C=O) groups is 1. The number of carboxylic acids is 1. The fourth-order valence-corrected chi connectivity index (χ4v) is 2.70. The molecule has 0 amide bonds. The predicted molar refractivity (Wildman–Crippen MR) is 75.1 cm³/mol. The third kappa shape index (κ3) is 4.30. The Bertz CT molecular complexity index is 436. The molecule has 0 aromatic carbocycles. The van der Waals surface area contributed by atoms with Gasteiger partial charge < -0.3 is 5.11 Å². The summed E-state index contributed by atoms with van der Waals surface area (Å²) >= 11 is 0. The molecule has 1 saturated heterocycles. The van der Waals surface area contributed by atoms with E-state index in [0.717, 1.165) is 44.8 Å². The standard InChI is InChI=1S/C14H24N4O2/c1-11(2)8-18-13(15-10-16-18)9-17-5-3-12(4-6-17)7-14(19)20/h10-12H,3-9H2,1-2H3,(H,19,20). The van der Waals surface area contributed by atoms with Crippen LogP contribution in [0.4, 0.5) is 0 Å². The third-order valence-electron chi connectivity index (χ3n) is 3.77. The summed E-state index contributed by atoms with van der Waals surface area (Å²) in [6.45, 7) is 7.95. The second kappa shape index (κ2) is 6.83. The Hall–Kier alpha value is -1.43. The van der Waals surface area contributed by atoms with Crippen LogP contribution >= 0.6 is 0 Å². The first-order chi connectivity index (χ1) is 9.54. The van der Waals surface area contributed by atoms with E-state index in [2.05, 4.69) is 28.8 Å². The van der Waals surface area contributed by atoms with Crippen LogP contribution in [0.15, 0.2) is 6.33 Å². The Kier molecular flexibility index (Phi) is 5.11. The van der Waals surface area contributed by atoms with Crippen LogP contribution < -0.4 is 0 Å². The average Bonchev–Trinajstić information content (AvgIpc) is 2.78. The van der Waals surface area contributed by atoms with E-state index in [-0.39, 0.29) is 0 Å². The van der Waals surface area contributed by atoms with Crippen LogP contribution in [0, 0.1) is 11.8 Å². The Labute approximate surface area is 119 Å². The molecule has 2 rings (SSSR count). The van der Waals surface area contributed by atoms with Crippen molar-refractivity contribution in [3.63, 3.8) is 0 Å². The maximum Gasteiger partial charge on any atom is 0.303 e. The van der Waals surface area contributed by atoms with Gasteiger partial charge in [-0.2, -0.15) is 5.10 Å². The fourth-order valence-electron chi connectivity index (χ4n) is 2.70. The molecule has 0 bridgehead atoms. The molecule has 20 heavy (non-hydrogen) atoms. The molecular formula is C14H24N4O2. The molecular weight excluding hydrogens is 256 g/mol. The Morgan fingerprint density at radius 1 is 1.45 bits per heavy atom. The maximum absolute atomic E-state index is 10.7. The van der Waals surface area contributed by atoms with Crippen molar-refractivity contribution >= 4 is 5.97 Å². The summed E-state index contributed by atoms with van der Waals surface area (Å²) in [5.41, 5.74) is 0. The minimum absolute atomic E-state index is 0.303. The second-order valence-electron chi connectivity index (χ2n) is 6.07. The van der Waals surface area contributed by atoms with Gasteiger partial charge in [0.05, 0.1) is 6.54 Å². The highest BCUT2D eigenvalue weighted by Crippen LogP contribution is 2.21. The summed E-state index contributed by atoms with van der Waals surface area (Å²) in [6.07, 6.45) is 3.85. The molecule has 1 aromatic rings. The van der Waals surface area contributed by atoms with Crippen molar-refractivity contribution in [1.82, 2.24) is 19.7 Å². The van der Waals surface area contributed by atoms with Crippen LogP contribution in [-0.4, -0.2) is 43.8 Å². The summed E-state index contributed by atoms with van der Waals surface area (Å²) < 4.78 is 1.98. The molecule has 0 spiro atoms. The number of hydrogen-bond acceptors (Lipinski definition) is 4. The summed E-state index contributed by atoms with van der Waals surface area (Å²) in [5.74, 6) is 1.21. The first kappa shape index (κ1) is 15.0. The number of carboxylic acid groups (broad SMARTS) is 1. The molecule has 112 valence electrons. The van der Waals surface area contributed by atoms with Gasteiger partial charge in [-0.05, 0) is 37.8 Å². The molecule has 2 heterocycles. The van der Waals surface area contributed by atoms with Gasteiger partial charge in [0.2, 0.25) is 0 Å². The van der Waals surface area contributed by atoms with Crippen molar-refractivity contribution in [2.45, 2.75) is 46.2 Å². The summed E-state index contributed by atoms with van der Waals surface area (Å²) in [4.78, 5) is 17.4. The average molecular weight is 280 g/mol. The van der Waals surface area contributed by atoms with Gasteiger partial charge in [0.25, 0.3) is 0 Å². The third-order valence-corrected chi connectivity index (χ3v) is 3.77. The summed E-state index contributed by atoms with van der Waals surface area (Å²) in [5, 5.41) is 13.1. The van der Waals surface area contributed by atoms with Gasteiger partial charge in [0.1, 0.15) is 12.2 Å². The van der Waals surface area contributed by atoms with Crippen molar-refractivity contribution in [2.75, 3.05) is 13.1 Å². The lowest BCUT2D eigenvalue weighted by molar-refractivity contribution is -0.138. The number of rotatable bonds is 6. The van der Waals surface area contributed by atoms with E-state index in [1.807, 2.05) is 4.68 Å². The number of likely N-dealkylation sites (tertiary alicyclic amines) is 1. The van der Waals surface area contributed by atoms with E-state index in [9.17, 15) is 4.79 Å². The number of piperidine rings is 1. The van der Waals surface area contributed by atoms with Gasteiger partial charge in [-0.15, -0.1) is 0 Å². The first-order valence-corrected chi connectivity index (χ1v) is 7.35. The largest absolute Gasteiger partial charge is 0.481 e. The Balaban J connectivity index is 1.83. The highest BCUT2D eigenvalue weighted by molar-refractivity contribution is 5.67. The number of hydrogen-bond donors (Lipinski definition) is 1. The molecule has 0 radical (unpaired) electrons. The molecule has 1 aromatic heterocycles. The smallest absolute Gasteiger partial charge is 0.303 e. The fraction of sp³-hybridized carbons (Fsp3) is 0.786. The molecule has 0 atom stereocenters.